The maximum atomic E-state index is 13.9. The van der Waals surface area contributed by atoms with Gasteiger partial charge in [-0.2, -0.15) is 0 Å². The molecule has 1 atom stereocenters. The number of nitrogens with one attached hydrogen (secondary N) is 1. The van der Waals surface area contributed by atoms with Crippen LogP contribution >= 0.6 is 11.6 Å². The van der Waals surface area contributed by atoms with Gasteiger partial charge in [0, 0.05) is 17.1 Å². The van der Waals surface area contributed by atoms with Crippen LogP contribution in [-0.4, -0.2) is 49.9 Å². The average Bonchev–Trinajstić information content (AvgIpc) is 2.91. The van der Waals surface area contributed by atoms with Crippen LogP contribution in [0.25, 0.3) is 0 Å². The van der Waals surface area contributed by atoms with E-state index >= 15 is 0 Å². The van der Waals surface area contributed by atoms with Gasteiger partial charge in [0.1, 0.15) is 18.3 Å². The molecule has 0 spiro atoms. The van der Waals surface area contributed by atoms with Gasteiger partial charge in [-0.05, 0) is 88.7 Å². The predicted octanol–water partition coefficient (Wildman–Crippen LogP) is 5.27. The number of carbonyl (C=O) groups excluding carboxylic acids is 2. The molecule has 0 saturated carbocycles. The minimum absolute atomic E-state index is 0.0412. The SMILES string of the molecule is CCOc1ccc(N(CC(=O)N(Cc2ccc(Cl)cc2)[C@H](C)C(=O)NC(C)(C)C)S(=O)(=O)c2ccccc2)cc1. The highest BCUT2D eigenvalue weighted by Crippen LogP contribution is 2.27. The highest BCUT2D eigenvalue weighted by Gasteiger charge is 2.33. The van der Waals surface area contributed by atoms with Crippen molar-refractivity contribution in [2.75, 3.05) is 17.5 Å². The highest BCUT2D eigenvalue weighted by atomic mass is 35.5. The van der Waals surface area contributed by atoms with E-state index in [2.05, 4.69) is 5.32 Å². The van der Waals surface area contributed by atoms with Crippen molar-refractivity contribution in [3.05, 3.63) is 89.4 Å². The smallest absolute Gasteiger partial charge is 0.264 e. The second-order valence-electron chi connectivity index (χ2n) is 10.3. The molecule has 0 bridgehead atoms. The lowest BCUT2D eigenvalue weighted by molar-refractivity contribution is -0.140. The number of sulfonamides is 1. The molecule has 2 amide bonds. The minimum Gasteiger partial charge on any atom is -0.494 e. The highest BCUT2D eigenvalue weighted by molar-refractivity contribution is 7.92. The Bertz CT molecular complexity index is 1390. The van der Waals surface area contributed by atoms with Crippen molar-refractivity contribution < 1.29 is 22.7 Å². The molecule has 3 aromatic carbocycles. The first-order chi connectivity index (χ1) is 18.8. The number of carbonyl (C=O) groups is 2. The molecule has 1 N–H and O–H groups in total. The molecule has 0 aliphatic heterocycles. The number of halogens is 1. The Morgan fingerprint density at radius 2 is 1.55 bits per heavy atom. The maximum absolute atomic E-state index is 13.9. The number of nitrogens with zero attached hydrogens (tertiary/aromatic N) is 2. The monoisotopic (exact) mass is 585 g/mol. The van der Waals surface area contributed by atoms with Crippen LogP contribution in [0.1, 0.15) is 40.2 Å². The zero-order chi connectivity index (χ0) is 29.5. The number of hydrogen-bond acceptors (Lipinski definition) is 5. The molecular formula is C30H36ClN3O5S. The Morgan fingerprint density at radius 1 is 0.950 bits per heavy atom. The second kappa shape index (κ2) is 13.2. The summed E-state index contributed by atoms with van der Waals surface area (Å²) >= 11 is 6.05. The minimum atomic E-state index is -4.13. The average molecular weight is 586 g/mol. The Labute approximate surface area is 241 Å². The molecule has 214 valence electrons. The van der Waals surface area contributed by atoms with Crippen LogP contribution in [0.15, 0.2) is 83.8 Å². The first kappa shape index (κ1) is 31.0. The van der Waals surface area contributed by atoms with Gasteiger partial charge in [-0.15, -0.1) is 0 Å². The zero-order valence-corrected chi connectivity index (χ0v) is 25.0. The third kappa shape index (κ3) is 8.22. The number of anilines is 1. The third-order valence-corrected chi connectivity index (χ3v) is 8.02. The summed E-state index contributed by atoms with van der Waals surface area (Å²) < 4.78 is 34.2. The van der Waals surface area contributed by atoms with Gasteiger partial charge in [0.25, 0.3) is 10.0 Å². The van der Waals surface area contributed by atoms with Crippen LogP contribution in [0.2, 0.25) is 5.02 Å². The quantitative estimate of drug-likeness (QED) is 0.331. The molecular weight excluding hydrogens is 550 g/mol. The van der Waals surface area contributed by atoms with Gasteiger partial charge < -0.3 is 15.0 Å². The van der Waals surface area contributed by atoms with E-state index in [1.54, 1.807) is 73.7 Å². The Morgan fingerprint density at radius 3 is 2.10 bits per heavy atom. The molecule has 10 heteroatoms. The Kier molecular flexibility index (Phi) is 10.2. The lowest BCUT2D eigenvalue weighted by atomic mass is 10.1. The van der Waals surface area contributed by atoms with Crippen molar-refractivity contribution in [1.82, 2.24) is 10.2 Å². The van der Waals surface area contributed by atoms with Gasteiger partial charge >= 0.3 is 0 Å². The normalized spacial score (nSPS) is 12.3. The molecule has 0 aliphatic rings. The predicted molar refractivity (Wildman–Crippen MR) is 158 cm³/mol. The molecule has 40 heavy (non-hydrogen) atoms. The number of ether oxygens (including phenoxy) is 1. The molecule has 3 aromatic rings. The van der Waals surface area contributed by atoms with Crippen LogP contribution in [-0.2, 0) is 26.2 Å². The zero-order valence-electron chi connectivity index (χ0n) is 23.4. The first-order valence-electron chi connectivity index (χ1n) is 13.0. The Hall–Kier alpha value is -3.56. The molecule has 0 saturated heterocycles. The van der Waals surface area contributed by atoms with E-state index in [0.29, 0.717) is 23.1 Å². The number of benzene rings is 3. The Balaban J connectivity index is 2.02. The van der Waals surface area contributed by atoms with Gasteiger partial charge in [0.2, 0.25) is 11.8 Å². The van der Waals surface area contributed by atoms with Crippen LogP contribution in [0.4, 0.5) is 5.69 Å². The van der Waals surface area contributed by atoms with E-state index in [-0.39, 0.29) is 17.3 Å². The molecule has 0 aromatic heterocycles. The summed E-state index contributed by atoms with van der Waals surface area (Å²) in [5.41, 5.74) is 0.510. The topological polar surface area (TPSA) is 96.0 Å². The molecule has 0 fully saturated rings. The van der Waals surface area contributed by atoms with Crippen LogP contribution in [0.5, 0.6) is 5.75 Å². The van der Waals surface area contributed by atoms with Gasteiger partial charge in [-0.3, -0.25) is 13.9 Å². The van der Waals surface area contributed by atoms with Crippen molar-refractivity contribution in [1.29, 1.82) is 0 Å². The largest absolute Gasteiger partial charge is 0.494 e. The van der Waals surface area contributed by atoms with E-state index in [9.17, 15) is 18.0 Å². The van der Waals surface area contributed by atoms with E-state index in [1.165, 1.54) is 17.0 Å². The number of rotatable bonds is 11. The van der Waals surface area contributed by atoms with Gasteiger partial charge in [-0.25, -0.2) is 8.42 Å². The third-order valence-electron chi connectivity index (χ3n) is 5.98. The molecule has 0 radical (unpaired) electrons. The summed E-state index contributed by atoms with van der Waals surface area (Å²) in [7, 11) is -4.13. The number of amides is 2. The second-order valence-corrected chi connectivity index (χ2v) is 12.6. The fourth-order valence-electron chi connectivity index (χ4n) is 3.97. The summed E-state index contributed by atoms with van der Waals surface area (Å²) in [6.45, 7) is 9.04. The fraction of sp³-hybridized carbons (Fsp3) is 0.333. The maximum Gasteiger partial charge on any atom is 0.264 e. The van der Waals surface area contributed by atoms with Crippen LogP contribution < -0.4 is 14.4 Å². The van der Waals surface area contributed by atoms with Crippen molar-refractivity contribution in [2.24, 2.45) is 0 Å². The van der Waals surface area contributed by atoms with E-state index in [0.717, 1.165) is 9.87 Å². The van der Waals surface area contributed by atoms with E-state index < -0.39 is 34.1 Å². The van der Waals surface area contributed by atoms with Crippen LogP contribution in [0.3, 0.4) is 0 Å². The fourth-order valence-corrected chi connectivity index (χ4v) is 5.53. The lowest BCUT2D eigenvalue weighted by Gasteiger charge is -2.33. The molecule has 0 heterocycles. The summed E-state index contributed by atoms with van der Waals surface area (Å²) in [6.07, 6.45) is 0. The molecule has 3 rings (SSSR count). The summed E-state index contributed by atoms with van der Waals surface area (Å²) in [5, 5.41) is 3.45. The van der Waals surface area contributed by atoms with E-state index in [1.807, 2.05) is 27.7 Å². The number of hydrogen-bond donors (Lipinski definition) is 1. The summed E-state index contributed by atoms with van der Waals surface area (Å²) in [4.78, 5) is 28.5. The van der Waals surface area contributed by atoms with Gasteiger partial charge in [0.15, 0.2) is 0 Å². The van der Waals surface area contributed by atoms with Crippen molar-refractivity contribution >= 4 is 39.1 Å². The van der Waals surface area contributed by atoms with E-state index in [4.69, 9.17) is 16.3 Å². The standard InChI is InChI=1S/C30H36ClN3O5S/c1-6-39-26-18-16-25(17-19-26)34(40(37,38)27-10-8-7-9-11-27)21-28(35)33(20-23-12-14-24(31)15-13-23)22(2)29(36)32-30(3,4)5/h7-19,22H,6,20-21H2,1-5H3,(H,32,36)/t22-/m1/s1. The summed E-state index contributed by atoms with van der Waals surface area (Å²) in [5.74, 6) is -0.320. The molecule has 8 nitrogen and oxygen atoms in total. The van der Waals surface area contributed by atoms with Crippen LogP contribution in [0, 0.1) is 0 Å². The molecule has 0 unspecified atom stereocenters. The van der Waals surface area contributed by atoms with Crippen molar-refractivity contribution in [3.8, 4) is 5.75 Å². The lowest BCUT2D eigenvalue weighted by Crippen LogP contribution is -2.54. The summed E-state index contributed by atoms with van der Waals surface area (Å²) in [6, 6.07) is 20.5. The van der Waals surface area contributed by atoms with Crippen molar-refractivity contribution in [2.45, 2.75) is 57.6 Å². The van der Waals surface area contributed by atoms with Crippen molar-refractivity contribution in [3.63, 3.8) is 0 Å². The van der Waals surface area contributed by atoms with Gasteiger partial charge in [0.05, 0.1) is 17.2 Å². The van der Waals surface area contributed by atoms with Gasteiger partial charge in [-0.1, -0.05) is 41.9 Å². The molecule has 0 aliphatic carbocycles. The first-order valence-corrected chi connectivity index (χ1v) is 14.8.